The minimum absolute atomic E-state index is 0.00803. The highest BCUT2D eigenvalue weighted by molar-refractivity contribution is 5.45. The molecular formula is C22H28N2O2. The lowest BCUT2D eigenvalue weighted by molar-refractivity contribution is -0.147. The monoisotopic (exact) mass is 352 g/mol. The van der Waals surface area contributed by atoms with Crippen molar-refractivity contribution in [1.82, 2.24) is 0 Å². The van der Waals surface area contributed by atoms with Crippen LogP contribution in [-0.2, 0) is 16.0 Å². The van der Waals surface area contributed by atoms with Gasteiger partial charge in [-0.25, -0.2) is 9.98 Å². The lowest BCUT2D eigenvalue weighted by Gasteiger charge is -2.39. The molecule has 0 bridgehead atoms. The predicted octanol–water partition coefficient (Wildman–Crippen LogP) is 4.79. The number of aliphatic imine (C=N–C) groups is 2. The molecule has 4 nitrogen and oxygen atoms in total. The van der Waals surface area contributed by atoms with Crippen LogP contribution in [0.25, 0.3) is 0 Å². The van der Waals surface area contributed by atoms with Gasteiger partial charge in [0.1, 0.15) is 0 Å². The number of hydrogen-bond acceptors (Lipinski definition) is 4. The highest BCUT2D eigenvalue weighted by Crippen LogP contribution is 2.43. The molecule has 1 aliphatic heterocycles. The standard InChI is InChI=1S/C22H28N2O2/c1-5-22(24-16-23-14-18-9-7-6-8-10-18)12-11-17(2)13-19(22)20-15-25-21(3,4)26-20/h5-11,19-20H,1,12-15H2,2-4H3/t19-,20-,22+/m1/s1. The van der Waals surface area contributed by atoms with Gasteiger partial charge in [-0.2, -0.15) is 0 Å². The van der Waals surface area contributed by atoms with Gasteiger partial charge in [-0.15, -0.1) is 6.58 Å². The normalized spacial score (nSPS) is 30.2. The van der Waals surface area contributed by atoms with E-state index in [1.165, 1.54) is 5.57 Å². The summed E-state index contributed by atoms with van der Waals surface area (Å²) in [4.78, 5) is 9.12. The van der Waals surface area contributed by atoms with Gasteiger partial charge >= 0.3 is 0 Å². The highest BCUT2D eigenvalue weighted by atomic mass is 16.7. The summed E-state index contributed by atoms with van der Waals surface area (Å²) >= 11 is 0. The Morgan fingerprint density at radius 1 is 1.31 bits per heavy atom. The molecule has 0 aromatic heterocycles. The zero-order chi connectivity index (χ0) is 18.6. The fourth-order valence-electron chi connectivity index (χ4n) is 3.71. The molecule has 0 unspecified atom stereocenters. The van der Waals surface area contributed by atoms with E-state index < -0.39 is 11.3 Å². The molecule has 0 saturated carbocycles. The molecule has 1 aromatic rings. The zero-order valence-corrected chi connectivity index (χ0v) is 15.9. The first-order valence-corrected chi connectivity index (χ1v) is 9.22. The molecule has 1 aliphatic carbocycles. The van der Waals surface area contributed by atoms with E-state index in [0.29, 0.717) is 13.2 Å². The van der Waals surface area contributed by atoms with Crippen LogP contribution >= 0.6 is 0 Å². The fourth-order valence-corrected chi connectivity index (χ4v) is 3.71. The van der Waals surface area contributed by atoms with Crippen LogP contribution in [0.1, 0.15) is 39.2 Å². The first-order valence-electron chi connectivity index (χ1n) is 9.22. The summed E-state index contributed by atoms with van der Waals surface area (Å²) in [5.41, 5.74) is 2.05. The molecule has 26 heavy (non-hydrogen) atoms. The van der Waals surface area contributed by atoms with Crippen molar-refractivity contribution in [3.8, 4) is 0 Å². The maximum Gasteiger partial charge on any atom is 0.163 e. The molecule has 0 N–H and O–H groups in total. The first-order chi connectivity index (χ1) is 12.4. The van der Waals surface area contributed by atoms with Gasteiger partial charge in [0.05, 0.1) is 30.8 Å². The third-order valence-corrected chi connectivity index (χ3v) is 5.23. The Morgan fingerprint density at radius 2 is 2.08 bits per heavy atom. The number of ether oxygens (including phenoxy) is 2. The third kappa shape index (κ3) is 4.21. The van der Waals surface area contributed by atoms with Crippen LogP contribution in [0.3, 0.4) is 0 Å². The number of benzene rings is 1. The quantitative estimate of drug-likeness (QED) is 0.565. The lowest BCUT2D eigenvalue weighted by Crippen LogP contribution is -2.44. The van der Waals surface area contributed by atoms with Crippen LogP contribution in [0.4, 0.5) is 0 Å². The molecule has 3 atom stereocenters. The van der Waals surface area contributed by atoms with Crippen LogP contribution in [0, 0.1) is 5.92 Å². The van der Waals surface area contributed by atoms with Crippen molar-refractivity contribution in [2.45, 2.75) is 57.6 Å². The van der Waals surface area contributed by atoms with Crippen molar-refractivity contribution in [2.24, 2.45) is 15.9 Å². The molecule has 1 fully saturated rings. The second-order valence-electron chi connectivity index (χ2n) is 7.64. The fraction of sp³-hybridized carbons (Fsp3) is 0.500. The Bertz CT molecular complexity index is 732. The van der Waals surface area contributed by atoms with Gasteiger partial charge in [0.25, 0.3) is 0 Å². The molecule has 0 radical (unpaired) electrons. The van der Waals surface area contributed by atoms with Gasteiger partial charge in [-0.3, -0.25) is 0 Å². The van der Waals surface area contributed by atoms with Crippen LogP contribution < -0.4 is 0 Å². The van der Waals surface area contributed by atoms with E-state index in [4.69, 9.17) is 14.5 Å². The molecule has 138 valence electrons. The van der Waals surface area contributed by atoms with E-state index in [-0.39, 0.29) is 12.0 Å². The number of hydrogen-bond donors (Lipinski definition) is 0. The first kappa shape index (κ1) is 18.8. The van der Waals surface area contributed by atoms with Gasteiger partial charge in [0, 0.05) is 5.92 Å². The van der Waals surface area contributed by atoms with Gasteiger partial charge in [-0.05, 0) is 39.2 Å². The second kappa shape index (κ2) is 7.71. The number of rotatable bonds is 5. The van der Waals surface area contributed by atoms with E-state index in [9.17, 15) is 0 Å². The van der Waals surface area contributed by atoms with Crippen molar-refractivity contribution in [2.75, 3.05) is 6.61 Å². The summed E-state index contributed by atoms with van der Waals surface area (Å²) < 4.78 is 12.0. The molecule has 0 amide bonds. The van der Waals surface area contributed by atoms with E-state index >= 15 is 0 Å². The Morgan fingerprint density at radius 3 is 2.73 bits per heavy atom. The average Bonchev–Trinajstić information content (AvgIpc) is 3.00. The maximum absolute atomic E-state index is 6.15. The summed E-state index contributed by atoms with van der Waals surface area (Å²) in [6, 6.07) is 13.1. The Labute approximate surface area is 156 Å². The largest absolute Gasteiger partial charge is 0.348 e. The van der Waals surface area contributed by atoms with E-state index in [1.54, 1.807) is 0 Å². The van der Waals surface area contributed by atoms with E-state index in [2.05, 4.69) is 42.7 Å². The summed E-state index contributed by atoms with van der Waals surface area (Å²) in [6.45, 7) is 11.3. The second-order valence-corrected chi connectivity index (χ2v) is 7.64. The highest BCUT2D eigenvalue weighted by Gasteiger charge is 2.47. The van der Waals surface area contributed by atoms with E-state index in [0.717, 1.165) is 18.4 Å². The Kier molecular flexibility index (Phi) is 5.57. The van der Waals surface area contributed by atoms with Crippen LogP contribution in [0.2, 0.25) is 0 Å². The molecule has 0 spiro atoms. The summed E-state index contributed by atoms with van der Waals surface area (Å²) in [5, 5.41) is 0. The Balaban J connectivity index is 1.81. The summed E-state index contributed by atoms with van der Waals surface area (Å²) in [7, 11) is 0. The molecule has 1 saturated heterocycles. The smallest absolute Gasteiger partial charge is 0.163 e. The summed E-state index contributed by atoms with van der Waals surface area (Å²) in [6.07, 6.45) is 5.87. The van der Waals surface area contributed by atoms with Gasteiger partial charge in [0.15, 0.2) is 5.79 Å². The summed E-state index contributed by atoms with van der Waals surface area (Å²) in [5.74, 6) is -0.371. The van der Waals surface area contributed by atoms with Crippen molar-refractivity contribution >= 4 is 6.01 Å². The van der Waals surface area contributed by atoms with Gasteiger partial charge < -0.3 is 9.47 Å². The average molecular weight is 352 g/mol. The maximum atomic E-state index is 6.15. The van der Waals surface area contributed by atoms with Crippen LogP contribution in [0.5, 0.6) is 0 Å². The van der Waals surface area contributed by atoms with Crippen LogP contribution in [-0.4, -0.2) is 30.0 Å². The van der Waals surface area contributed by atoms with Crippen molar-refractivity contribution < 1.29 is 9.47 Å². The third-order valence-electron chi connectivity index (χ3n) is 5.23. The molecule has 1 heterocycles. The molecule has 2 aliphatic rings. The van der Waals surface area contributed by atoms with Crippen molar-refractivity contribution in [3.05, 3.63) is 60.2 Å². The minimum Gasteiger partial charge on any atom is -0.348 e. The van der Waals surface area contributed by atoms with Gasteiger partial charge in [0.2, 0.25) is 0 Å². The Hall–Kier alpha value is -2.00. The topological polar surface area (TPSA) is 43.2 Å². The number of allylic oxidation sites excluding steroid dienone is 1. The number of nitrogens with zero attached hydrogens (tertiary/aromatic N) is 2. The molecule has 3 rings (SSSR count). The van der Waals surface area contributed by atoms with Crippen molar-refractivity contribution in [3.63, 3.8) is 0 Å². The minimum atomic E-state index is -0.544. The van der Waals surface area contributed by atoms with E-state index in [1.807, 2.05) is 38.1 Å². The lowest BCUT2D eigenvalue weighted by atomic mass is 9.71. The van der Waals surface area contributed by atoms with Crippen molar-refractivity contribution in [1.29, 1.82) is 0 Å². The van der Waals surface area contributed by atoms with Crippen LogP contribution in [0.15, 0.2) is 64.6 Å². The molecule has 4 heteroatoms. The predicted molar refractivity (Wildman–Crippen MR) is 104 cm³/mol. The molecule has 1 aromatic carbocycles. The molecular weight excluding hydrogens is 324 g/mol. The van der Waals surface area contributed by atoms with Gasteiger partial charge in [-0.1, -0.05) is 48.1 Å². The SMILES string of the molecule is C=C[C@]1(N=C=NCc2ccccc2)CC=C(C)C[C@@H]1[C@H]1COC(C)(C)O1. The zero-order valence-electron chi connectivity index (χ0n) is 15.9.